The number of hydrogen-bond donors (Lipinski definition) is 2. The van der Waals surface area contributed by atoms with E-state index < -0.39 is 0 Å². The van der Waals surface area contributed by atoms with Crippen molar-refractivity contribution in [1.82, 2.24) is 10.2 Å². The molecule has 2 aromatic rings. The number of methoxy groups -OCH3 is 1. The summed E-state index contributed by atoms with van der Waals surface area (Å²) in [5, 5.41) is 3.11. The molecule has 3 rings (SSSR count). The molecular weight excluding hydrogens is 326 g/mol. The van der Waals surface area contributed by atoms with E-state index in [0.717, 1.165) is 24.4 Å². The normalized spacial score (nSPS) is 15.6. The zero-order chi connectivity index (χ0) is 18.4. The Bertz CT molecular complexity index is 724. The molecule has 0 radical (unpaired) electrons. The summed E-state index contributed by atoms with van der Waals surface area (Å²) in [6, 6.07) is 15.7. The fourth-order valence-corrected chi connectivity index (χ4v) is 3.45. The van der Waals surface area contributed by atoms with Gasteiger partial charge in [0.05, 0.1) is 19.6 Å². The maximum Gasteiger partial charge on any atom is 0.224 e. The molecule has 1 aliphatic rings. The van der Waals surface area contributed by atoms with E-state index in [-0.39, 0.29) is 11.9 Å². The smallest absolute Gasteiger partial charge is 0.224 e. The van der Waals surface area contributed by atoms with Crippen LogP contribution in [0, 0.1) is 0 Å². The molecule has 1 atom stereocenters. The van der Waals surface area contributed by atoms with Gasteiger partial charge in [-0.25, -0.2) is 0 Å². The topological polar surface area (TPSA) is 67.6 Å². The van der Waals surface area contributed by atoms with Gasteiger partial charge in [0, 0.05) is 12.2 Å². The second-order valence-electron chi connectivity index (χ2n) is 6.76. The van der Waals surface area contributed by atoms with Gasteiger partial charge >= 0.3 is 0 Å². The molecule has 0 saturated carbocycles. The lowest BCUT2D eigenvalue weighted by Gasteiger charge is -2.28. The number of hydrogen-bond acceptors (Lipinski definition) is 4. The number of carbonyl (C=O) groups excluding carboxylic acids is 1. The van der Waals surface area contributed by atoms with Crippen LogP contribution in [0.3, 0.4) is 0 Å². The number of nitrogens with zero attached hydrogens (tertiary/aromatic N) is 1. The Kier molecular flexibility index (Phi) is 6.12. The quantitative estimate of drug-likeness (QED) is 0.751. The Labute approximate surface area is 155 Å². The summed E-state index contributed by atoms with van der Waals surface area (Å²) in [5.41, 5.74) is 8.55. The summed E-state index contributed by atoms with van der Waals surface area (Å²) in [5.74, 6) is 0.877. The van der Waals surface area contributed by atoms with E-state index in [0.29, 0.717) is 18.7 Å². The maximum absolute atomic E-state index is 12.4. The van der Waals surface area contributed by atoms with E-state index in [2.05, 4.69) is 22.3 Å². The van der Waals surface area contributed by atoms with Crippen LogP contribution < -0.4 is 15.8 Å². The van der Waals surface area contributed by atoms with Gasteiger partial charge in [-0.15, -0.1) is 0 Å². The minimum Gasteiger partial charge on any atom is -0.497 e. The molecule has 1 amide bonds. The van der Waals surface area contributed by atoms with Gasteiger partial charge in [-0.1, -0.05) is 24.3 Å². The van der Waals surface area contributed by atoms with Crippen molar-refractivity contribution >= 4 is 11.6 Å². The monoisotopic (exact) mass is 353 g/mol. The molecule has 5 heteroatoms. The molecule has 1 saturated heterocycles. The number of nitrogen functional groups attached to an aromatic ring is 1. The van der Waals surface area contributed by atoms with Gasteiger partial charge in [-0.2, -0.15) is 0 Å². The minimum absolute atomic E-state index is 0.0295. The fourth-order valence-electron chi connectivity index (χ4n) is 3.45. The van der Waals surface area contributed by atoms with Crippen molar-refractivity contribution in [1.29, 1.82) is 0 Å². The highest BCUT2D eigenvalue weighted by Gasteiger charge is 2.24. The van der Waals surface area contributed by atoms with Crippen molar-refractivity contribution < 1.29 is 9.53 Å². The third kappa shape index (κ3) is 4.76. The largest absolute Gasteiger partial charge is 0.497 e. The summed E-state index contributed by atoms with van der Waals surface area (Å²) in [6.45, 7) is 2.73. The Balaban J connectivity index is 1.65. The van der Waals surface area contributed by atoms with E-state index in [4.69, 9.17) is 10.5 Å². The van der Waals surface area contributed by atoms with Crippen molar-refractivity contribution in [3.05, 3.63) is 59.7 Å². The predicted octanol–water partition coefficient (Wildman–Crippen LogP) is 2.77. The number of nitrogens with two attached hydrogens (primary N) is 1. The van der Waals surface area contributed by atoms with Gasteiger partial charge in [-0.3, -0.25) is 9.69 Å². The van der Waals surface area contributed by atoms with Crippen LogP contribution in [0.1, 0.15) is 30.0 Å². The van der Waals surface area contributed by atoms with E-state index in [1.807, 2.05) is 36.4 Å². The van der Waals surface area contributed by atoms with Crippen molar-refractivity contribution in [3.63, 3.8) is 0 Å². The second-order valence-corrected chi connectivity index (χ2v) is 6.76. The third-order valence-corrected chi connectivity index (χ3v) is 4.90. The summed E-state index contributed by atoms with van der Waals surface area (Å²) in [6.07, 6.45) is 2.78. The van der Waals surface area contributed by atoms with E-state index in [1.165, 1.54) is 18.4 Å². The number of amides is 1. The molecule has 5 nitrogen and oxygen atoms in total. The molecule has 0 aromatic heterocycles. The average molecular weight is 353 g/mol. The summed E-state index contributed by atoms with van der Waals surface area (Å²) >= 11 is 0. The highest BCUT2D eigenvalue weighted by molar-refractivity contribution is 5.78. The minimum atomic E-state index is 0.0295. The average Bonchev–Trinajstić information content (AvgIpc) is 3.18. The van der Waals surface area contributed by atoms with Gasteiger partial charge in [0.15, 0.2) is 0 Å². The van der Waals surface area contributed by atoms with Crippen molar-refractivity contribution in [2.75, 3.05) is 32.5 Å². The van der Waals surface area contributed by atoms with Gasteiger partial charge < -0.3 is 15.8 Å². The molecule has 2 aromatic carbocycles. The van der Waals surface area contributed by atoms with Crippen LogP contribution in [0.15, 0.2) is 48.5 Å². The SMILES string of the molecule is COc1cccc(C(CNC(=O)Cc2ccc(N)cc2)N2CCCC2)c1. The van der Waals surface area contributed by atoms with Crippen molar-refractivity contribution in [3.8, 4) is 5.75 Å². The number of rotatable bonds is 7. The van der Waals surface area contributed by atoms with Crippen LogP contribution in [0.5, 0.6) is 5.75 Å². The number of likely N-dealkylation sites (tertiary alicyclic amines) is 1. The van der Waals surface area contributed by atoms with Crippen LogP contribution in [0.2, 0.25) is 0 Å². The van der Waals surface area contributed by atoms with Crippen LogP contribution in [0.4, 0.5) is 5.69 Å². The van der Waals surface area contributed by atoms with Crippen LogP contribution in [0.25, 0.3) is 0 Å². The predicted molar refractivity (Wildman–Crippen MR) is 104 cm³/mol. The second kappa shape index (κ2) is 8.72. The lowest BCUT2D eigenvalue weighted by molar-refractivity contribution is -0.120. The lowest BCUT2D eigenvalue weighted by Crippen LogP contribution is -2.37. The first-order valence-corrected chi connectivity index (χ1v) is 9.15. The molecule has 138 valence electrons. The molecule has 1 aliphatic heterocycles. The molecule has 3 N–H and O–H groups in total. The highest BCUT2D eigenvalue weighted by atomic mass is 16.5. The number of anilines is 1. The number of nitrogens with one attached hydrogen (secondary N) is 1. The fraction of sp³-hybridized carbons (Fsp3) is 0.381. The van der Waals surface area contributed by atoms with Crippen LogP contribution >= 0.6 is 0 Å². The van der Waals surface area contributed by atoms with Gasteiger partial charge in [0.2, 0.25) is 5.91 Å². The molecule has 0 spiro atoms. The summed E-state index contributed by atoms with van der Waals surface area (Å²) in [4.78, 5) is 14.8. The summed E-state index contributed by atoms with van der Waals surface area (Å²) < 4.78 is 5.37. The maximum atomic E-state index is 12.4. The Morgan fingerprint density at radius 1 is 1.19 bits per heavy atom. The van der Waals surface area contributed by atoms with E-state index >= 15 is 0 Å². The Morgan fingerprint density at radius 3 is 2.62 bits per heavy atom. The molecule has 0 aliphatic carbocycles. The molecular formula is C21H27N3O2. The third-order valence-electron chi connectivity index (χ3n) is 4.90. The summed E-state index contributed by atoms with van der Waals surface area (Å²) in [7, 11) is 1.68. The van der Waals surface area contributed by atoms with Crippen molar-refractivity contribution in [2.24, 2.45) is 0 Å². The van der Waals surface area contributed by atoms with E-state index in [9.17, 15) is 4.79 Å². The standard InChI is InChI=1S/C21H27N3O2/c1-26-19-6-4-5-17(14-19)20(24-11-2-3-12-24)15-23-21(25)13-16-7-9-18(22)10-8-16/h4-10,14,20H,2-3,11-13,15,22H2,1H3,(H,23,25). The van der Waals surface area contributed by atoms with Gasteiger partial charge in [-0.05, 0) is 61.3 Å². The van der Waals surface area contributed by atoms with Crippen molar-refractivity contribution in [2.45, 2.75) is 25.3 Å². The first kappa shape index (κ1) is 18.3. The van der Waals surface area contributed by atoms with Crippen LogP contribution in [-0.2, 0) is 11.2 Å². The first-order chi connectivity index (χ1) is 12.7. The lowest BCUT2D eigenvalue weighted by atomic mass is 10.0. The molecule has 1 fully saturated rings. The first-order valence-electron chi connectivity index (χ1n) is 9.15. The zero-order valence-corrected chi connectivity index (χ0v) is 15.3. The number of ether oxygens (including phenoxy) is 1. The Hall–Kier alpha value is -2.53. The van der Waals surface area contributed by atoms with Gasteiger partial charge in [0.25, 0.3) is 0 Å². The number of benzene rings is 2. The number of carbonyl (C=O) groups is 1. The zero-order valence-electron chi connectivity index (χ0n) is 15.3. The molecule has 0 bridgehead atoms. The molecule has 26 heavy (non-hydrogen) atoms. The highest BCUT2D eigenvalue weighted by Crippen LogP contribution is 2.27. The molecule has 1 unspecified atom stereocenters. The van der Waals surface area contributed by atoms with Crippen LogP contribution in [-0.4, -0.2) is 37.6 Å². The molecule has 1 heterocycles. The van der Waals surface area contributed by atoms with E-state index in [1.54, 1.807) is 7.11 Å². The Morgan fingerprint density at radius 2 is 1.92 bits per heavy atom. The van der Waals surface area contributed by atoms with Gasteiger partial charge in [0.1, 0.15) is 5.75 Å².